The summed E-state index contributed by atoms with van der Waals surface area (Å²) in [5.74, 6) is 0. The van der Waals surface area contributed by atoms with E-state index in [-0.39, 0.29) is 16.7 Å². The monoisotopic (exact) mass is 306 g/mol. The summed E-state index contributed by atoms with van der Waals surface area (Å²) in [6.45, 7) is 7.97. The van der Waals surface area contributed by atoms with Gasteiger partial charge >= 0.3 is 0 Å². The third-order valence-electron chi connectivity index (χ3n) is 3.34. The number of hydrogen-bond acceptors (Lipinski definition) is 6. The van der Waals surface area contributed by atoms with Crippen molar-refractivity contribution in [3.63, 3.8) is 0 Å². The Kier molecular flexibility index (Phi) is 4.64. The first-order valence-corrected chi connectivity index (χ1v) is 7.47. The molecule has 0 saturated heterocycles. The zero-order valence-electron chi connectivity index (χ0n) is 12.5. The van der Waals surface area contributed by atoms with Crippen LogP contribution in [-0.2, 0) is 6.54 Å². The molecule has 2 aromatic rings. The van der Waals surface area contributed by atoms with E-state index in [1.54, 1.807) is 31.4 Å². The Bertz CT molecular complexity index is 669. The standard InChI is InChI=1S/C14H18N4O2S/c1-8-5-16-12(10(3)13(8)18(19)20)7-15-11(4)14-17-6-9(2)21-14/h5-6,11,15H,7H2,1-4H3. The van der Waals surface area contributed by atoms with Crippen molar-refractivity contribution >= 4 is 17.0 Å². The third kappa shape index (κ3) is 3.43. The summed E-state index contributed by atoms with van der Waals surface area (Å²) < 4.78 is 0. The second-order valence-corrected chi connectivity index (χ2v) is 6.30. The molecule has 1 atom stereocenters. The number of nitro groups is 1. The molecule has 1 unspecified atom stereocenters. The summed E-state index contributed by atoms with van der Waals surface area (Å²) in [5, 5.41) is 15.4. The number of hydrogen-bond donors (Lipinski definition) is 1. The minimum Gasteiger partial charge on any atom is -0.302 e. The number of pyridine rings is 1. The molecule has 21 heavy (non-hydrogen) atoms. The van der Waals surface area contributed by atoms with E-state index in [1.165, 1.54) is 4.88 Å². The Morgan fingerprint density at radius 1 is 1.33 bits per heavy atom. The van der Waals surface area contributed by atoms with Crippen molar-refractivity contribution in [2.24, 2.45) is 0 Å². The first kappa shape index (κ1) is 15.5. The summed E-state index contributed by atoms with van der Waals surface area (Å²) in [6.07, 6.45) is 3.40. The van der Waals surface area contributed by atoms with Gasteiger partial charge in [-0.15, -0.1) is 11.3 Å². The molecule has 7 heteroatoms. The topological polar surface area (TPSA) is 81.0 Å². The Labute approximate surface area is 127 Å². The summed E-state index contributed by atoms with van der Waals surface area (Å²) >= 11 is 1.64. The molecule has 0 fully saturated rings. The van der Waals surface area contributed by atoms with Gasteiger partial charge in [-0.1, -0.05) is 0 Å². The smallest absolute Gasteiger partial charge is 0.278 e. The second-order valence-electron chi connectivity index (χ2n) is 5.03. The fourth-order valence-corrected chi connectivity index (χ4v) is 2.93. The lowest BCUT2D eigenvalue weighted by atomic mass is 10.1. The molecule has 0 amide bonds. The molecule has 0 radical (unpaired) electrons. The maximum atomic E-state index is 11.1. The van der Waals surface area contributed by atoms with Crippen LogP contribution in [0.3, 0.4) is 0 Å². The largest absolute Gasteiger partial charge is 0.302 e. The van der Waals surface area contributed by atoms with Gasteiger partial charge in [0.15, 0.2) is 0 Å². The van der Waals surface area contributed by atoms with Crippen LogP contribution < -0.4 is 5.32 Å². The SMILES string of the molecule is Cc1cnc(C(C)NCc2ncc(C)c([N+](=O)[O-])c2C)s1. The van der Waals surface area contributed by atoms with E-state index in [0.717, 1.165) is 5.01 Å². The zero-order valence-corrected chi connectivity index (χ0v) is 13.3. The van der Waals surface area contributed by atoms with Crippen LogP contribution in [0.25, 0.3) is 0 Å². The van der Waals surface area contributed by atoms with Gasteiger partial charge in [-0.05, 0) is 27.7 Å². The molecule has 2 rings (SSSR count). The normalized spacial score (nSPS) is 12.4. The average molecular weight is 306 g/mol. The maximum Gasteiger partial charge on any atom is 0.278 e. The van der Waals surface area contributed by atoms with Crippen molar-refractivity contribution in [1.29, 1.82) is 0 Å². The molecule has 0 aliphatic rings. The molecule has 0 saturated carbocycles. The van der Waals surface area contributed by atoms with Crippen molar-refractivity contribution in [3.05, 3.63) is 49.2 Å². The van der Waals surface area contributed by atoms with Crippen LogP contribution in [0.2, 0.25) is 0 Å². The van der Waals surface area contributed by atoms with Gasteiger partial charge in [0.05, 0.1) is 16.7 Å². The molecule has 1 N–H and O–H groups in total. The summed E-state index contributed by atoms with van der Waals surface area (Å²) in [7, 11) is 0. The van der Waals surface area contributed by atoms with Crippen LogP contribution in [0.4, 0.5) is 5.69 Å². The Balaban J connectivity index is 2.13. The van der Waals surface area contributed by atoms with E-state index in [4.69, 9.17) is 0 Å². The molecule has 2 heterocycles. The van der Waals surface area contributed by atoms with Crippen LogP contribution in [-0.4, -0.2) is 14.9 Å². The first-order valence-electron chi connectivity index (χ1n) is 6.65. The van der Waals surface area contributed by atoms with Gasteiger partial charge in [-0.2, -0.15) is 0 Å². The van der Waals surface area contributed by atoms with E-state index in [1.807, 2.05) is 20.0 Å². The van der Waals surface area contributed by atoms with E-state index in [0.29, 0.717) is 23.4 Å². The van der Waals surface area contributed by atoms with Crippen molar-refractivity contribution in [3.8, 4) is 0 Å². The van der Waals surface area contributed by atoms with Crippen LogP contribution >= 0.6 is 11.3 Å². The molecular weight excluding hydrogens is 288 g/mol. The number of aryl methyl sites for hydroxylation is 2. The predicted octanol–water partition coefficient (Wildman–Crippen LogP) is 3.22. The highest BCUT2D eigenvalue weighted by Crippen LogP contribution is 2.25. The van der Waals surface area contributed by atoms with Gasteiger partial charge in [0.1, 0.15) is 5.01 Å². The van der Waals surface area contributed by atoms with Crippen molar-refractivity contribution in [1.82, 2.24) is 15.3 Å². The summed E-state index contributed by atoms with van der Waals surface area (Å²) in [6, 6.07) is 0.0882. The molecule has 0 bridgehead atoms. The predicted molar refractivity (Wildman–Crippen MR) is 82.5 cm³/mol. The molecule has 0 aromatic carbocycles. The highest BCUT2D eigenvalue weighted by Gasteiger charge is 2.19. The lowest BCUT2D eigenvalue weighted by molar-refractivity contribution is -0.386. The van der Waals surface area contributed by atoms with Gasteiger partial charge in [-0.25, -0.2) is 4.98 Å². The van der Waals surface area contributed by atoms with E-state index >= 15 is 0 Å². The molecule has 0 aliphatic heterocycles. The van der Waals surface area contributed by atoms with Crippen LogP contribution in [0, 0.1) is 30.9 Å². The molecule has 6 nitrogen and oxygen atoms in total. The average Bonchev–Trinajstić information content (AvgIpc) is 2.84. The highest BCUT2D eigenvalue weighted by atomic mass is 32.1. The first-order chi connectivity index (χ1) is 9.90. The van der Waals surface area contributed by atoms with E-state index < -0.39 is 0 Å². The summed E-state index contributed by atoms with van der Waals surface area (Å²) in [5.41, 5.74) is 2.06. The number of nitrogens with one attached hydrogen (secondary N) is 1. The number of thiazole rings is 1. The highest BCUT2D eigenvalue weighted by molar-refractivity contribution is 7.11. The van der Waals surface area contributed by atoms with Gasteiger partial charge < -0.3 is 5.32 Å². The molecule has 0 spiro atoms. The fraction of sp³-hybridized carbons (Fsp3) is 0.429. The van der Waals surface area contributed by atoms with Crippen molar-refractivity contribution in [2.75, 3.05) is 0 Å². The molecule has 112 valence electrons. The number of aromatic nitrogens is 2. The van der Waals surface area contributed by atoms with Gasteiger partial charge in [0.25, 0.3) is 5.69 Å². The van der Waals surface area contributed by atoms with Crippen LogP contribution in [0.5, 0.6) is 0 Å². The van der Waals surface area contributed by atoms with Gasteiger partial charge in [-0.3, -0.25) is 15.1 Å². The minimum absolute atomic E-state index is 0.0882. The third-order valence-corrected chi connectivity index (χ3v) is 4.44. The molecule has 0 aliphatic carbocycles. The van der Waals surface area contributed by atoms with Gasteiger partial charge in [0, 0.05) is 34.9 Å². The maximum absolute atomic E-state index is 11.1. The zero-order chi connectivity index (χ0) is 15.6. The lowest BCUT2D eigenvalue weighted by Gasteiger charge is -2.12. The van der Waals surface area contributed by atoms with E-state index in [2.05, 4.69) is 15.3 Å². The Morgan fingerprint density at radius 2 is 2.05 bits per heavy atom. The minimum atomic E-state index is -0.344. The second kappa shape index (κ2) is 6.28. The quantitative estimate of drug-likeness (QED) is 0.677. The van der Waals surface area contributed by atoms with Crippen LogP contribution in [0.15, 0.2) is 12.4 Å². The lowest BCUT2D eigenvalue weighted by Crippen LogP contribution is -2.19. The van der Waals surface area contributed by atoms with Crippen LogP contribution in [0.1, 0.15) is 39.7 Å². The van der Waals surface area contributed by atoms with E-state index in [9.17, 15) is 10.1 Å². The fourth-order valence-electron chi connectivity index (χ4n) is 2.13. The number of nitrogens with zero attached hydrogens (tertiary/aromatic N) is 3. The number of rotatable bonds is 5. The van der Waals surface area contributed by atoms with Crippen molar-refractivity contribution in [2.45, 2.75) is 40.3 Å². The summed E-state index contributed by atoms with van der Waals surface area (Å²) in [4.78, 5) is 20.6. The Hall–Kier alpha value is -1.86. The van der Waals surface area contributed by atoms with Gasteiger partial charge in [0.2, 0.25) is 0 Å². The Morgan fingerprint density at radius 3 is 2.62 bits per heavy atom. The molecular formula is C14H18N4O2S. The molecule has 2 aromatic heterocycles. The van der Waals surface area contributed by atoms with Crippen molar-refractivity contribution < 1.29 is 4.92 Å².